The number of aliphatic hydroxyl groups excluding tert-OH is 4. The maximum Gasteiger partial charge on any atom is 0.335 e. The quantitative estimate of drug-likeness (QED) is 0.364. The molecule has 1 aliphatic heterocycles. The van der Waals surface area contributed by atoms with Gasteiger partial charge in [0.25, 0.3) is 0 Å². The zero-order valence-electron chi connectivity index (χ0n) is 17.7. The Morgan fingerprint density at radius 1 is 1.03 bits per heavy atom. The molecule has 5 atom stereocenters. The highest BCUT2D eigenvalue weighted by molar-refractivity contribution is 6.31. The number of aromatic hydroxyl groups is 1. The topological polar surface area (TPSA) is 137 Å². The molecular weight excluding hydrogens is 452 g/mol. The van der Waals surface area contributed by atoms with Crippen molar-refractivity contribution in [3.05, 3.63) is 80.9 Å². The zero-order chi connectivity index (χ0) is 23.9. The third kappa shape index (κ3) is 4.43. The minimum atomic E-state index is -1.47. The van der Waals surface area contributed by atoms with E-state index in [1.54, 1.807) is 37.4 Å². The Hall–Kier alpha value is -2.66. The van der Waals surface area contributed by atoms with Crippen LogP contribution in [-0.4, -0.2) is 65.7 Å². The first-order valence-electron chi connectivity index (χ1n) is 10.4. The zero-order valence-corrected chi connectivity index (χ0v) is 18.5. The average molecular weight is 477 g/mol. The molecule has 10 heteroatoms. The average Bonchev–Trinajstić information content (AvgIpc) is 3.06. The molecule has 0 radical (unpaired) electrons. The van der Waals surface area contributed by atoms with E-state index in [1.807, 2.05) is 12.1 Å². The van der Waals surface area contributed by atoms with E-state index < -0.39 is 37.1 Å². The smallest absolute Gasteiger partial charge is 0.335 e. The SMILES string of the molecule is Cn1cc(O)n(-c2ccc(Cc3cc(C4O[C@H](CO)[C@@H](O)[C@H](O)[C@H]4O)ccc3Cl)cc2)c1=O. The molecule has 3 aromatic rings. The van der Waals surface area contributed by atoms with E-state index in [-0.39, 0.29) is 11.6 Å². The molecule has 1 fully saturated rings. The summed E-state index contributed by atoms with van der Waals surface area (Å²) in [6.07, 6.45) is -4.47. The molecule has 0 aliphatic carbocycles. The monoisotopic (exact) mass is 476 g/mol. The van der Waals surface area contributed by atoms with Crippen molar-refractivity contribution in [1.29, 1.82) is 0 Å². The number of aliphatic hydroxyl groups is 4. The second kappa shape index (κ2) is 9.30. The molecule has 0 amide bonds. The van der Waals surface area contributed by atoms with Crippen molar-refractivity contribution < 1.29 is 30.3 Å². The van der Waals surface area contributed by atoms with Gasteiger partial charge in [-0.05, 0) is 41.3 Å². The lowest BCUT2D eigenvalue weighted by Gasteiger charge is -2.40. The molecule has 0 spiro atoms. The van der Waals surface area contributed by atoms with Gasteiger partial charge in [0.05, 0.1) is 18.5 Å². The molecule has 1 unspecified atom stereocenters. The van der Waals surface area contributed by atoms with E-state index in [2.05, 4.69) is 0 Å². The summed E-state index contributed by atoms with van der Waals surface area (Å²) >= 11 is 6.39. The van der Waals surface area contributed by atoms with Crippen LogP contribution in [-0.2, 0) is 18.2 Å². The van der Waals surface area contributed by atoms with Crippen LogP contribution in [0.2, 0.25) is 5.02 Å². The first-order chi connectivity index (χ1) is 15.7. The van der Waals surface area contributed by atoms with E-state index in [4.69, 9.17) is 16.3 Å². The summed E-state index contributed by atoms with van der Waals surface area (Å²) in [4.78, 5) is 12.2. The number of halogens is 1. The van der Waals surface area contributed by atoms with E-state index in [9.17, 15) is 30.3 Å². The van der Waals surface area contributed by atoms with Crippen LogP contribution in [0.25, 0.3) is 5.69 Å². The van der Waals surface area contributed by atoms with Gasteiger partial charge in [-0.25, -0.2) is 9.36 Å². The van der Waals surface area contributed by atoms with Crippen molar-refractivity contribution in [2.45, 2.75) is 36.9 Å². The Morgan fingerprint density at radius 2 is 1.73 bits per heavy atom. The van der Waals surface area contributed by atoms with Gasteiger partial charge < -0.3 is 30.3 Å². The number of aromatic nitrogens is 2. The predicted octanol–water partition coefficient (Wildman–Crippen LogP) is 0.641. The molecule has 1 aliphatic rings. The lowest BCUT2D eigenvalue weighted by Crippen LogP contribution is -2.55. The van der Waals surface area contributed by atoms with Crippen LogP contribution in [0.1, 0.15) is 22.8 Å². The number of benzene rings is 2. The fraction of sp³-hybridized carbons (Fsp3) is 0.348. The molecule has 1 aromatic heterocycles. The van der Waals surface area contributed by atoms with Crippen molar-refractivity contribution in [1.82, 2.24) is 9.13 Å². The summed E-state index contributed by atoms with van der Waals surface area (Å²) in [6, 6.07) is 12.1. The van der Waals surface area contributed by atoms with Gasteiger partial charge in [0.15, 0.2) is 0 Å². The Balaban J connectivity index is 1.58. The van der Waals surface area contributed by atoms with E-state index >= 15 is 0 Å². The molecule has 33 heavy (non-hydrogen) atoms. The van der Waals surface area contributed by atoms with Crippen molar-refractivity contribution in [2.75, 3.05) is 6.61 Å². The van der Waals surface area contributed by atoms with Crippen LogP contribution >= 0.6 is 11.6 Å². The van der Waals surface area contributed by atoms with Gasteiger partial charge in [-0.2, -0.15) is 0 Å². The Labute approximate surface area is 194 Å². The van der Waals surface area contributed by atoms with Gasteiger partial charge >= 0.3 is 5.69 Å². The number of hydrogen-bond acceptors (Lipinski definition) is 7. The van der Waals surface area contributed by atoms with Crippen LogP contribution in [0.15, 0.2) is 53.5 Å². The van der Waals surface area contributed by atoms with Gasteiger partial charge in [0.2, 0.25) is 5.88 Å². The van der Waals surface area contributed by atoms with Gasteiger partial charge in [-0.3, -0.25) is 4.57 Å². The van der Waals surface area contributed by atoms with Crippen LogP contribution in [0.3, 0.4) is 0 Å². The lowest BCUT2D eigenvalue weighted by atomic mass is 9.90. The molecule has 176 valence electrons. The molecule has 5 N–H and O–H groups in total. The molecule has 1 saturated heterocycles. The standard InChI is InChI=1S/C23H25ClN2O7/c1-25-10-18(28)26(23(25)32)15-5-2-12(3-6-15)8-14-9-13(4-7-16(14)24)22-21(31)20(30)19(29)17(11-27)33-22/h2-7,9-10,17,19-22,27-31H,8,11H2,1H3/t17-,19-,20+,21-,22?/m1/s1. The number of hydrogen-bond donors (Lipinski definition) is 5. The second-order valence-electron chi connectivity index (χ2n) is 8.16. The van der Waals surface area contributed by atoms with Gasteiger partial charge in [-0.15, -0.1) is 0 Å². The number of aryl methyl sites for hydroxylation is 1. The normalized spacial score (nSPS) is 25.3. The molecule has 0 saturated carbocycles. The molecule has 9 nitrogen and oxygen atoms in total. The number of imidazole rings is 1. The van der Waals surface area contributed by atoms with Crippen LogP contribution < -0.4 is 5.69 Å². The molecule has 0 bridgehead atoms. The minimum absolute atomic E-state index is 0.162. The first kappa shape index (κ1) is 23.5. The highest BCUT2D eigenvalue weighted by Gasteiger charge is 2.44. The third-order valence-electron chi connectivity index (χ3n) is 5.91. The van der Waals surface area contributed by atoms with Crippen molar-refractivity contribution in [3.63, 3.8) is 0 Å². The maximum absolute atomic E-state index is 12.2. The molecular formula is C23H25ClN2O7. The van der Waals surface area contributed by atoms with Crippen LogP contribution in [0.4, 0.5) is 0 Å². The summed E-state index contributed by atoms with van der Waals surface area (Å²) in [5.74, 6) is -0.162. The summed E-state index contributed by atoms with van der Waals surface area (Å²) < 4.78 is 8.12. The van der Waals surface area contributed by atoms with E-state index in [0.29, 0.717) is 22.7 Å². The summed E-state index contributed by atoms with van der Waals surface area (Å²) in [7, 11) is 1.55. The number of rotatable bonds is 5. The summed E-state index contributed by atoms with van der Waals surface area (Å²) in [5, 5.41) is 50.4. The highest BCUT2D eigenvalue weighted by Crippen LogP contribution is 2.34. The van der Waals surface area contributed by atoms with Crippen molar-refractivity contribution >= 4 is 11.6 Å². The van der Waals surface area contributed by atoms with E-state index in [1.165, 1.54) is 15.3 Å². The number of ether oxygens (including phenoxy) is 1. The third-order valence-corrected chi connectivity index (χ3v) is 6.28. The summed E-state index contributed by atoms with van der Waals surface area (Å²) in [6.45, 7) is -0.506. The highest BCUT2D eigenvalue weighted by atomic mass is 35.5. The van der Waals surface area contributed by atoms with Crippen molar-refractivity contribution in [2.24, 2.45) is 7.05 Å². The fourth-order valence-electron chi connectivity index (χ4n) is 4.05. The maximum atomic E-state index is 12.2. The largest absolute Gasteiger partial charge is 0.493 e. The van der Waals surface area contributed by atoms with Crippen molar-refractivity contribution in [3.8, 4) is 11.6 Å². The predicted molar refractivity (Wildman–Crippen MR) is 120 cm³/mol. The first-order valence-corrected chi connectivity index (χ1v) is 10.7. The molecule has 2 heterocycles. The minimum Gasteiger partial charge on any atom is -0.493 e. The molecule has 4 rings (SSSR count). The van der Waals surface area contributed by atoms with Gasteiger partial charge in [0, 0.05) is 12.1 Å². The fourth-order valence-corrected chi connectivity index (χ4v) is 4.24. The summed E-state index contributed by atoms with van der Waals surface area (Å²) in [5.41, 5.74) is 2.32. The van der Waals surface area contributed by atoms with Crippen LogP contribution in [0.5, 0.6) is 5.88 Å². The molecule has 2 aromatic carbocycles. The lowest BCUT2D eigenvalue weighted by molar-refractivity contribution is -0.231. The Kier molecular flexibility index (Phi) is 6.62. The van der Waals surface area contributed by atoms with E-state index in [0.717, 1.165) is 11.1 Å². The Morgan fingerprint density at radius 3 is 2.33 bits per heavy atom. The second-order valence-corrected chi connectivity index (χ2v) is 8.57. The van der Waals surface area contributed by atoms with Gasteiger partial charge in [-0.1, -0.05) is 35.9 Å². The van der Waals surface area contributed by atoms with Gasteiger partial charge in [0.1, 0.15) is 30.5 Å². The van der Waals surface area contributed by atoms with Crippen LogP contribution in [0, 0.1) is 0 Å². The number of nitrogens with zero attached hydrogens (tertiary/aromatic N) is 2. The Bertz CT molecular complexity index is 1190.